The molecule has 1 unspecified atom stereocenters. The molecule has 0 aliphatic carbocycles. The van der Waals surface area contributed by atoms with Crippen LogP contribution < -0.4 is 10.6 Å². The van der Waals surface area contributed by atoms with E-state index in [-0.39, 0.29) is 6.04 Å². The van der Waals surface area contributed by atoms with Gasteiger partial charge in [0, 0.05) is 33.9 Å². The summed E-state index contributed by atoms with van der Waals surface area (Å²) in [5.41, 5.74) is 0. The molecule has 1 aliphatic rings. The second-order valence-electron chi connectivity index (χ2n) is 5.50. The summed E-state index contributed by atoms with van der Waals surface area (Å²) in [5.74, 6) is 1.84. The molecule has 1 aromatic rings. The molecule has 124 valence electrons. The average Bonchev–Trinajstić information content (AvgIpc) is 3.23. The van der Waals surface area contributed by atoms with Crippen LogP contribution in [0.5, 0.6) is 0 Å². The van der Waals surface area contributed by atoms with E-state index in [1.165, 1.54) is 12.8 Å². The van der Waals surface area contributed by atoms with Crippen molar-refractivity contribution < 1.29 is 9.15 Å². The summed E-state index contributed by atoms with van der Waals surface area (Å²) < 4.78 is 10.7. The van der Waals surface area contributed by atoms with E-state index in [2.05, 4.69) is 26.6 Å². The number of aliphatic imine (C=N–C) groups is 1. The first-order valence-corrected chi connectivity index (χ1v) is 8.06. The number of likely N-dealkylation sites (tertiary alicyclic amines) is 1. The molecule has 6 heteroatoms. The number of rotatable bonds is 8. The summed E-state index contributed by atoms with van der Waals surface area (Å²) in [4.78, 5) is 6.75. The van der Waals surface area contributed by atoms with Crippen LogP contribution in [0.2, 0.25) is 0 Å². The molecule has 0 radical (unpaired) electrons. The highest BCUT2D eigenvalue weighted by atomic mass is 16.5. The molecule has 0 amide bonds. The van der Waals surface area contributed by atoms with Gasteiger partial charge in [-0.15, -0.1) is 0 Å². The fourth-order valence-corrected chi connectivity index (χ4v) is 2.78. The molecule has 0 bridgehead atoms. The Morgan fingerprint density at radius 2 is 2.23 bits per heavy atom. The standard InChI is InChI=1S/C16H28N4O2/c1-17-16(18-8-6-11-21-2)19-13-14(15-7-5-12-22-15)20-9-3-4-10-20/h5,7,12,14H,3-4,6,8-11,13H2,1-2H3,(H2,17,18,19). The Bertz CT molecular complexity index is 427. The van der Waals surface area contributed by atoms with Gasteiger partial charge in [0.1, 0.15) is 5.76 Å². The van der Waals surface area contributed by atoms with Gasteiger partial charge in [0.2, 0.25) is 0 Å². The van der Waals surface area contributed by atoms with Gasteiger partial charge >= 0.3 is 0 Å². The van der Waals surface area contributed by atoms with Gasteiger partial charge in [0.05, 0.1) is 12.3 Å². The fourth-order valence-electron chi connectivity index (χ4n) is 2.78. The number of hydrogen-bond donors (Lipinski definition) is 2. The SMILES string of the molecule is CN=C(NCCCOC)NCC(c1ccco1)N1CCCC1. The zero-order valence-corrected chi connectivity index (χ0v) is 13.7. The fraction of sp³-hybridized carbons (Fsp3) is 0.688. The molecule has 0 aromatic carbocycles. The van der Waals surface area contributed by atoms with Crippen LogP contribution in [0.4, 0.5) is 0 Å². The van der Waals surface area contributed by atoms with Gasteiger partial charge in [-0.05, 0) is 44.5 Å². The van der Waals surface area contributed by atoms with Crippen molar-refractivity contribution in [3.05, 3.63) is 24.2 Å². The van der Waals surface area contributed by atoms with E-state index in [9.17, 15) is 0 Å². The topological polar surface area (TPSA) is 62.0 Å². The van der Waals surface area contributed by atoms with Gasteiger partial charge in [-0.25, -0.2) is 0 Å². The van der Waals surface area contributed by atoms with Crippen LogP contribution in [0, 0.1) is 0 Å². The van der Waals surface area contributed by atoms with Gasteiger partial charge in [0.25, 0.3) is 0 Å². The number of nitrogens with one attached hydrogen (secondary N) is 2. The number of guanidine groups is 1. The van der Waals surface area contributed by atoms with Gasteiger partial charge in [-0.3, -0.25) is 9.89 Å². The predicted octanol–water partition coefficient (Wildman–Crippen LogP) is 1.62. The maximum absolute atomic E-state index is 5.63. The summed E-state index contributed by atoms with van der Waals surface area (Å²) in [6, 6.07) is 4.27. The highest BCUT2D eigenvalue weighted by molar-refractivity contribution is 5.79. The van der Waals surface area contributed by atoms with Crippen molar-refractivity contribution in [1.29, 1.82) is 0 Å². The lowest BCUT2D eigenvalue weighted by Crippen LogP contribution is -2.43. The zero-order chi connectivity index (χ0) is 15.6. The molecule has 2 rings (SSSR count). The molecule has 2 N–H and O–H groups in total. The number of furan rings is 1. The van der Waals surface area contributed by atoms with Crippen molar-refractivity contribution in [2.75, 3.05) is 46.9 Å². The summed E-state index contributed by atoms with van der Waals surface area (Å²) in [5, 5.41) is 6.71. The smallest absolute Gasteiger partial charge is 0.191 e. The Morgan fingerprint density at radius 3 is 2.86 bits per heavy atom. The van der Waals surface area contributed by atoms with Gasteiger partial charge in [0.15, 0.2) is 5.96 Å². The van der Waals surface area contributed by atoms with Crippen molar-refractivity contribution in [3.63, 3.8) is 0 Å². The molecule has 2 heterocycles. The highest BCUT2D eigenvalue weighted by Crippen LogP contribution is 2.24. The number of ether oxygens (including phenoxy) is 1. The maximum atomic E-state index is 5.63. The number of methoxy groups -OCH3 is 1. The van der Waals surface area contributed by atoms with Crippen molar-refractivity contribution >= 4 is 5.96 Å². The lowest BCUT2D eigenvalue weighted by Gasteiger charge is -2.26. The zero-order valence-electron chi connectivity index (χ0n) is 13.7. The minimum atomic E-state index is 0.259. The Labute approximate surface area is 132 Å². The molecule has 6 nitrogen and oxygen atoms in total. The van der Waals surface area contributed by atoms with Crippen LogP contribution in [-0.2, 0) is 4.74 Å². The predicted molar refractivity (Wildman–Crippen MR) is 88.1 cm³/mol. The Hall–Kier alpha value is -1.53. The second-order valence-corrected chi connectivity index (χ2v) is 5.50. The van der Waals surface area contributed by atoms with Gasteiger partial charge < -0.3 is 19.8 Å². The number of hydrogen-bond acceptors (Lipinski definition) is 4. The summed E-state index contributed by atoms with van der Waals surface area (Å²) in [6.45, 7) is 4.66. The molecular weight excluding hydrogens is 280 g/mol. The third kappa shape index (κ3) is 5.03. The minimum Gasteiger partial charge on any atom is -0.468 e. The normalized spacial score (nSPS) is 17.6. The van der Waals surface area contributed by atoms with E-state index in [1.807, 2.05) is 6.07 Å². The van der Waals surface area contributed by atoms with E-state index in [1.54, 1.807) is 20.4 Å². The first-order valence-electron chi connectivity index (χ1n) is 8.06. The Morgan fingerprint density at radius 1 is 1.41 bits per heavy atom. The Balaban J connectivity index is 1.84. The van der Waals surface area contributed by atoms with Gasteiger partial charge in [-0.1, -0.05) is 0 Å². The maximum Gasteiger partial charge on any atom is 0.191 e. The molecule has 0 spiro atoms. The van der Waals surface area contributed by atoms with Crippen molar-refractivity contribution in [1.82, 2.24) is 15.5 Å². The third-order valence-corrected chi connectivity index (χ3v) is 3.96. The van der Waals surface area contributed by atoms with Crippen LogP contribution in [0.3, 0.4) is 0 Å². The van der Waals surface area contributed by atoms with Crippen LogP contribution in [0.15, 0.2) is 27.8 Å². The van der Waals surface area contributed by atoms with Crippen molar-refractivity contribution in [2.24, 2.45) is 4.99 Å². The first kappa shape index (κ1) is 16.8. The van der Waals surface area contributed by atoms with Crippen LogP contribution in [0.1, 0.15) is 31.1 Å². The molecule has 1 saturated heterocycles. The lowest BCUT2D eigenvalue weighted by molar-refractivity contribution is 0.195. The van der Waals surface area contributed by atoms with E-state index in [0.29, 0.717) is 0 Å². The van der Waals surface area contributed by atoms with Crippen LogP contribution in [0.25, 0.3) is 0 Å². The van der Waals surface area contributed by atoms with Gasteiger partial charge in [-0.2, -0.15) is 0 Å². The monoisotopic (exact) mass is 308 g/mol. The third-order valence-electron chi connectivity index (χ3n) is 3.96. The molecule has 1 fully saturated rings. The quantitative estimate of drug-likeness (QED) is 0.434. The van der Waals surface area contributed by atoms with Crippen molar-refractivity contribution in [3.8, 4) is 0 Å². The second kappa shape index (κ2) is 9.48. The Kier molecular flexibility index (Phi) is 7.25. The molecule has 1 atom stereocenters. The summed E-state index contributed by atoms with van der Waals surface area (Å²) >= 11 is 0. The summed E-state index contributed by atoms with van der Waals surface area (Å²) in [7, 11) is 3.51. The molecule has 0 saturated carbocycles. The molecule has 1 aliphatic heterocycles. The first-order chi connectivity index (χ1) is 10.8. The average molecular weight is 308 g/mol. The van der Waals surface area contributed by atoms with Crippen LogP contribution in [-0.4, -0.2) is 57.8 Å². The molecule has 22 heavy (non-hydrogen) atoms. The van der Waals surface area contributed by atoms with E-state index in [4.69, 9.17) is 9.15 Å². The molecule has 1 aromatic heterocycles. The van der Waals surface area contributed by atoms with Crippen molar-refractivity contribution in [2.45, 2.75) is 25.3 Å². The van der Waals surface area contributed by atoms with E-state index >= 15 is 0 Å². The van der Waals surface area contributed by atoms with Crippen LogP contribution >= 0.6 is 0 Å². The molecular formula is C16H28N4O2. The summed E-state index contributed by atoms with van der Waals surface area (Å²) in [6.07, 6.45) is 5.24. The van der Waals surface area contributed by atoms with E-state index in [0.717, 1.165) is 50.9 Å². The van der Waals surface area contributed by atoms with E-state index < -0.39 is 0 Å². The highest BCUT2D eigenvalue weighted by Gasteiger charge is 2.25. The number of nitrogens with zero attached hydrogens (tertiary/aromatic N) is 2. The minimum absolute atomic E-state index is 0.259. The largest absolute Gasteiger partial charge is 0.468 e. The lowest BCUT2D eigenvalue weighted by atomic mass is 10.2.